The fraction of sp³-hybridized carbons (Fsp3) is 0.949. The summed E-state index contributed by atoms with van der Waals surface area (Å²) in [5.74, 6) is -0.450. The van der Waals surface area contributed by atoms with E-state index >= 15 is 0 Å². The van der Waals surface area contributed by atoms with Gasteiger partial charge in [-0.1, -0.05) is 39.8 Å². The predicted octanol–water partition coefficient (Wildman–Crippen LogP) is 1.07. The van der Waals surface area contributed by atoms with E-state index in [2.05, 4.69) is 27.4 Å². The molecule has 0 amide bonds. The number of ether oxygens (including phenoxy) is 5. The van der Waals surface area contributed by atoms with Crippen LogP contribution in [0.2, 0.25) is 0 Å². The highest BCUT2D eigenvalue weighted by molar-refractivity contribution is 7.80. The van der Waals surface area contributed by atoms with Crippen LogP contribution in [0.15, 0.2) is 12.2 Å². The maximum absolute atomic E-state index is 12.6. The Labute approximate surface area is 330 Å². The molecular weight excluding hydrogens is 756 g/mol. The number of methoxy groups -OCH3 is 1. The van der Waals surface area contributed by atoms with Crippen LogP contribution < -0.4 is 0 Å². The van der Waals surface area contributed by atoms with Gasteiger partial charge in [-0.15, -0.1) is 0 Å². The Morgan fingerprint density at radius 1 is 0.875 bits per heavy atom. The molecular formula is C39H66O16S. The van der Waals surface area contributed by atoms with Crippen molar-refractivity contribution in [1.29, 1.82) is 0 Å². The van der Waals surface area contributed by atoms with Gasteiger partial charge in [0.05, 0.1) is 43.7 Å². The zero-order valence-electron chi connectivity index (χ0n) is 33.3. The van der Waals surface area contributed by atoms with Crippen LogP contribution in [0.4, 0.5) is 0 Å². The summed E-state index contributed by atoms with van der Waals surface area (Å²) in [5.41, 5.74) is -0.983. The van der Waals surface area contributed by atoms with E-state index in [1.165, 1.54) is 7.11 Å². The molecule has 20 atom stereocenters. The van der Waals surface area contributed by atoms with Crippen LogP contribution in [0, 0.1) is 46.3 Å². The number of hydrogen-bond donors (Lipinski definition) is 8. The standard InChI is InChI=1S/C39H66O16S/c1-19(21(3)16-51-35-33(31(28(44)18-52-35)55-56(47,48)49)54-36-32(50-6)30(45)27(43)17-53-36)7-8-20(2)23-14-25(41)34-38(23,5)12-10-29-37(4)11-9-22(40)13-24(37)26(42)15-39(29,34)46/h20-36,40-46H,1,7-18H2,2-6H3,(H,47,48,49)/t20-,21-,22+,23-,24-,25-,26+,27-,28-,29-,30+,31+,32-,33-,34-,35-,36+,37+,38-,39+/m1/s1. The lowest BCUT2D eigenvalue weighted by molar-refractivity contribution is -0.343. The van der Waals surface area contributed by atoms with Gasteiger partial charge in [0, 0.05) is 25.4 Å². The summed E-state index contributed by atoms with van der Waals surface area (Å²) in [6.07, 6.45) is -7.46. The van der Waals surface area contributed by atoms with Crippen LogP contribution in [0.25, 0.3) is 0 Å². The molecule has 2 heterocycles. The minimum absolute atomic E-state index is 0.0441. The molecule has 16 nitrogen and oxygen atoms in total. The molecule has 324 valence electrons. The molecule has 56 heavy (non-hydrogen) atoms. The summed E-state index contributed by atoms with van der Waals surface area (Å²) in [5, 5.41) is 77.3. The normalized spacial score (nSPS) is 49.3. The molecule has 2 aliphatic heterocycles. The van der Waals surface area contributed by atoms with E-state index in [0.717, 1.165) is 31.3 Å². The number of rotatable bonds is 13. The number of fused-ring (bicyclic) bond motifs is 5. The molecule has 0 unspecified atom stereocenters. The first-order chi connectivity index (χ1) is 26.1. The van der Waals surface area contributed by atoms with E-state index in [1.807, 2.05) is 6.92 Å². The van der Waals surface area contributed by atoms with Gasteiger partial charge in [0.1, 0.15) is 36.6 Å². The summed E-state index contributed by atoms with van der Waals surface area (Å²) in [7, 11) is -3.81. The van der Waals surface area contributed by atoms with Crippen molar-refractivity contribution in [2.75, 3.05) is 26.9 Å². The molecule has 4 aliphatic carbocycles. The van der Waals surface area contributed by atoms with Gasteiger partial charge in [0.15, 0.2) is 12.6 Å². The highest BCUT2D eigenvalue weighted by Crippen LogP contribution is 2.69. The van der Waals surface area contributed by atoms with Crippen molar-refractivity contribution in [2.24, 2.45) is 46.3 Å². The Morgan fingerprint density at radius 2 is 1.54 bits per heavy atom. The number of aliphatic hydroxyl groups excluding tert-OH is 6. The molecule has 8 N–H and O–H groups in total. The fourth-order valence-electron chi connectivity index (χ4n) is 12.2. The van der Waals surface area contributed by atoms with Gasteiger partial charge in [0.2, 0.25) is 0 Å². The van der Waals surface area contributed by atoms with E-state index in [4.69, 9.17) is 27.9 Å². The second kappa shape index (κ2) is 16.9. The lowest BCUT2D eigenvalue weighted by atomic mass is 9.42. The second-order valence-electron chi connectivity index (χ2n) is 18.5. The van der Waals surface area contributed by atoms with Crippen molar-refractivity contribution in [3.63, 3.8) is 0 Å². The molecule has 17 heteroatoms. The summed E-state index contributed by atoms with van der Waals surface area (Å²) in [4.78, 5) is 0. The molecule has 0 bridgehead atoms. The predicted molar refractivity (Wildman–Crippen MR) is 198 cm³/mol. The molecule has 0 aromatic rings. The van der Waals surface area contributed by atoms with Crippen molar-refractivity contribution < 1.29 is 76.6 Å². The third-order valence-corrected chi connectivity index (χ3v) is 15.6. The zero-order chi connectivity index (χ0) is 41.1. The van der Waals surface area contributed by atoms with Crippen molar-refractivity contribution in [3.05, 3.63) is 12.2 Å². The molecule has 0 aromatic heterocycles. The van der Waals surface area contributed by atoms with Gasteiger partial charge in [-0.25, -0.2) is 4.18 Å². The first-order valence-electron chi connectivity index (χ1n) is 20.3. The molecule has 0 aromatic carbocycles. The van der Waals surface area contributed by atoms with E-state index in [1.54, 1.807) is 0 Å². The average molecular weight is 823 g/mol. The third-order valence-electron chi connectivity index (χ3n) is 15.2. The number of hydrogen-bond acceptors (Lipinski definition) is 15. The summed E-state index contributed by atoms with van der Waals surface area (Å²) < 4.78 is 66.3. The van der Waals surface area contributed by atoms with Crippen LogP contribution >= 0.6 is 0 Å². The zero-order valence-corrected chi connectivity index (χ0v) is 34.1. The highest BCUT2D eigenvalue weighted by Gasteiger charge is 2.70. The summed E-state index contributed by atoms with van der Waals surface area (Å²) in [6, 6.07) is 0. The van der Waals surface area contributed by atoms with Crippen molar-refractivity contribution in [3.8, 4) is 0 Å². The maximum atomic E-state index is 12.6. The van der Waals surface area contributed by atoms with Crippen LogP contribution in [-0.2, 0) is 38.3 Å². The van der Waals surface area contributed by atoms with Gasteiger partial charge >= 0.3 is 10.4 Å². The molecule has 6 aliphatic rings. The van der Waals surface area contributed by atoms with E-state index < -0.39 is 90.1 Å². The Kier molecular flexibility index (Phi) is 13.5. The van der Waals surface area contributed by atoms with E-state index in [9.17, 15) is 48.7 Å². The fourth-order valence-corrected chi connectivity index (χ4v) is 12.7. The van der Waals surface area contributed by atoms with Gasteiger partial charge in [-0.05, 0) is 85.9 Å². The maximum Gasteiger partial charge on any atom is 0.397 e. The molecule has 6 rings (SSSR count). The minimum Gasteiger partial charge on any atom is -0.393 e. The number of aliphatic hydroxyl groups is 7. The van der Waals surface area contributed by atoms with Gasteiger partial charge in [-0.3, -0.25) is 4.55 Å². The van der Waals surface area contributed by atoms with E-state index in [0.29, 0.717) is 25.7 Å². The van der Waals surface area contributed by atoms with E-state index in [-0.39, 0.29) is 66.0 Å². The minimum atomic E-state index is -5.07. The van der Waals surface area contributed by atoms with Crippen LogP contribution in [0.5, 0.6) is 0 Å². The largest absolute Gasteiger partial charge is 0.397 e. The van der Waals surface area contributed by atoms with Crippen LogP contribution in [0.3, 0.4) is 0 Å². The quantitative estimate of drug-likeness (QED) is 0.0956. The van der Waals surface area contributed by atoms with Crippen molar-refractivity contribution >= 4 is 10.4 Å². The summed E-state index contributed by atoms with van der Waals surface area (Å²) in [6.45, 7) is 12.1. The molecule has 2 saturated heterocycles. The highest BCUT2D eigenvalue weighted by atomic mass is 32.3. The SMILES string of the molecule is C=C(CC[C@@H](C)[C@H]1C[C@@H](O)[C@@H]2[C@]1(C)CC[C@@H]1[C@@]3(C)CC[C@H](O)C[C@@H]3[C@@H](O)C[C@]12O)[C@H](C)CO[C@@H]1OC[C@@H](O)[C@H](OS(=O)(=O)O)[C@H]1O[C@@H]1OC[C@@H](O)[C@H](O)[C@H]1OC. The lowest BCUT2D eigenvalue weighted by Crippen LogP contribution is -2.68. The molecule has 4 saturated carbocycles. The topological polar surface area (TPSA) is 251 Å². The van der Waals surface area contributed by atoms with Crippen LogP contribution in [-0.4, -0.2) is 149 Å². The van der Waals surface area contributed by atoms with Gasteiger partial charge in [0.25, 0.3) is 0 Å². The first kappa shape index (κ1) is 44.7. The Balaban J connectivity index is 1.08. The molecule has 0 radical (unpaired) electrons. The smallest absolute Gasteiger partial charge is 0.393 e. The Hall–Kier alpha value is -0.870. The second-order valence-corrected chi connectivity index (χ2v) is 19.6. The first-order valence-corrected chi connectivity index (χ1v) is 21.7. The Morgan fingerprint density at radius 3 is 2.21 bits per heavy atom. The van der Waals surface area contributed by atoms with Gasteiger partial charge in [-0.2, -0.15) is 8.42 Å². The average Bonchev–Trinajstić information content (AvgIpc) is 3.40. The Bertz CT molecular complexity index is 1480. The van der Waals surface area contributed by atoms with Gasteiger partial charge < -0.3 is 59.4 Å². The monoisotopic (exact) mass is 822 g/mol. The molecule has 0 spiro atoms. The van der Waals surface area contributed by atoms with Crippen molar-refractivity contribution in [1.82, 2.24) is 0 Å². The summed E-state index contributed by atoms with van der Waals surface area (Å²) >= 11 is 0. The third kappa shape index (κ3) is 8.40. The lowest BCUT2D eigenvalue weighted by Gasteiger charge is -2.66. The van der Waals surface area contributed by atoms with Crippen LogP contribution in [0.1, 0.15) is 85.5 Å². The van der Waals surface area contributed by atoms with Crippen molar-refractivity contribution in [2.45, 2.75) is 159 Å². The molecule has 6 fully saturated rings.